The van der Waals surface area contributed by atoms with Crippen LogP contribution in [0.1, 0.15) is 27.4 Å². The molecule has 162 valence electrons. The highest BCUT2D eigenvalue weighted by molar-refractivity contribution is 6.01. The first-order chi connectivity index (χ1) is 15.5. The van der Waals surface area contributed by atoms with Crippen molar-refractivity contribution in [1.29, 1.82) is 0 Å². The molecule has 0 radical (unpaired) electrons. The number of benzene rings is 2. The monoisotopic (exact) mass is 432 g/mol. The molecule has 0 fully saturated rings. The van der Waals surface area contributed by atoms with E-state index in [0.717, 1.165) is 5.56 Å². The summed E-state index contributed by atoms with van der Waals surface area (Å²) >= 11 is 0. The van der Waals surface area contributed by atoms with Crippen LogP contribution in [0.5, 0.6) is 5.75 Å². The first-order valence-corrected chi connectivity index (χ1v) is 9.83. The first-order valence-electron chi connectivity index (χ1n) is 9.83. The van der Waals surface area contributed by atoms with Crippen LogP contribution < -0.4 is 10.1 Å². The minimum absolute atomic E-state index is 0.0283. The maximum Gasteiger partial charge on any atom is 0.292 e. The van der Waals surface area contributed by atoms with Gasteiger partial charge in [-0.15, -0.1) is 0 Å². The van der Waals surface area contributed by atoms with Crippen molar-refractivity contribution < 1.29 is 18.9 Å². The van der Waals surface area contributed by atoms with Gasteiger partial charge in [0.1, 0.15) is 18.1 Å². The Hall–Kier alpha value is -4.40. The summed E-state index contributed by atoms with van der Waals surface area (Å²) in [6, 6.07) is 19.3. The zero-order valence-corrected chi connectivity index (χ0v) is 17.2. The van der Waals surface area contributed by atoms with E-state index in [1.807, 2.05) is 30.3 Å². The average molecular weight is 432 g/mol. The molecular formula is C23H20N4O5. The van der Waals surface area contributed by atoms with E-state index in [4.69, 9.17) is 9.15 Å². The minimum Gasteiger partial charge on any atom is -0.486 e. The molecule has 4 rings (SSSR count). The van der Waals surface area contributed by atoms with Crippen LogP contribution >= 0.6 is 0 Å². The largest absolute Gasteiger partial charge is 0.486 e. The molecule has 0 aliphatic heterocycles. The number of ether oxygens (including phenoxy) is 1. The van der Waals surface area contributed by atoms with Crippen molar-refractivity contribution in [2.24, 2.45) is 0 Å². The van der Waals surface area contributed by atoms with Crippen LogP contribution in [-0.2, 0) is 13.2 Å². The number of nitrogens with one attached hydrogen (secondary N) is 1. The Bertz CT molecular complexity index is 1250. The molecule has 0 spiro atoms. The van der Waals surface area contributed by atoms with Gasteiger partial charge in [0.2, 0.25) is 0 Å². The predicted molar refractivity (Wildman–Crippen MR) is 117 cm³/mol. The first kappa shape index (κ1) is 20.9. The number of nitro groups is 1. The van der Waals surface area contributed by atoms with Crippen molar-refractivity contribution in [1.82, 2.24) is 9.78 Å². The fourth-order valence-electron chi connectivity index (χ4n) is 3.12. The molecule has 0 aliphatic carbocycles. The molecule has 0 atom stereocenters. The summed E-state index contributed by atoms with van der Waals surface area (Å²) in [6.07, 6.45) is 1.79. The zero-order valence-electron chi connectivity index (χ0n) is 17.2. The Balaban J connectivity index is 1.33. The van der Waals surface area contributed by atoms with Crippen molar-refractivity contribution in [2.75, 3.05) is 5.32 Å². The number of hydrogen-bond acceptors (Lipinski definition) is 6. The molecule has 0 saturated carbocycles. The van der Waals surface area contributed by atoms with Gasteiger partial charge in [0, 0.05) is 23.9 Å². The Labute approximate surface area is 183 Å². The number of rotatable bonds is 8. The summed E-state index contributed by atoms with van der Waals surface area (Å²) in [4.78, 5) is 22.9. The van der Waals surface area contributed by atoms with Crippen LogP contribution in [-0.4, -0.2) is 20.6 Å². The van der Waals surface area contributed by atoms with Gasteiger partial charge < -0.3 is 14.5 Å². The van der Waals surface area contributed by atoms with Gasteiger partial charge >= 0.3 is 0 Å². The lowest BCUT2D eigenvalue weighted by molar-refractivity contribution is -0.385. The van der Waals surface area contributed by atoms with Gasteiger partial charge in [0.15, 0.2) is 11.6 Å². The fraction of sp³-hybridized carbons (Fsp3) is 0.130. The molecule has 0 unspecified atom stereocenters. The second-order valence-electron chi connectivity index (χ2n) is 7.10. The summed E-state index contributed by atoms with van der Waals surface area (Å²) < 4.78 is 12.9. The number of nitrogens with zero attached hydrogens (tertiary/aromatic N) is 3. The van der Waals surface area contributed by atoms with E-state index < -0.39 is 10.8 Å². The maximum atomic E-state index is 12.5. The Morgan fingerprint density at radius 3 is 2.72 bits per heavy atom. The maximum absolute atomic E-state index is 12.5. The lowest BCUT2D eigenvalue weighted by Crippen LogP contribution is -2.12. The highest BCUT2D eigenvalue weighted by atomic mass is 16.6. The SMILES string of the molecule is Cc1cc(OCc2ccc(C(=O)Nc3ccn(Cc4ccccc4)n3)o2)ccc1[N+](=O)[O-]. The predicted octanol–water partition coefficient (Wildman–Crippen LogP) is 4.57. The van der Waals surface area contributed by atoms with Gasteiger partial charge in [0.25, 0.3) is 11.6 Å². The lowest BCUT2D eigenvalue weighted by Gasteiger charge is -2.05. The number of aromatic nitrogens is 2. The molecule has 4 aromatic rings. The molecule has 0 bridgehead atoms. The standard InChI is InChI=1S/C23H20N4O5/c1-16-13-18(7-9-20(16)27(29)30)31-15-19-8-10-21(32-19)23(28)24-22-11-12-26(25-22)14-17-5-3-2-4-6-17/h2-13H,14-15H2,1H3,(H,24,25,28). The third kappa shape index (κ3) is 5.01. The van der Waals surface area contributed by atoms with Gasteiger partial charge in [-0.3, -0.25) is 19.6 Å². The van der Waals surface area contributed by atoms with E-state index in [1.54, 1.807) is 42.1 Å². The highest BCUT2D eigenvalue weighted by Crippen LogP contribution is 2.24. The van der Waals surface area contributed by atoms with Gasteiger partial charge in [0.05, 0.1) is 11.5 Å². The van der Waals surface area contributed by atoms with E-state index in [9.17, 15) is 14.9 Å². The Kier molecular flexibility index (Phi) is 5.98. The van der Waals surface area contributed by atoms with Crippen LogP contribution in [0.25, 0.3) is 0 Å². The molecule has 9 nitrogen and oxygen atoms in total. The van der Waals surface area contributed by atoms with Crippen LogP contribution in [0.4, 0.5) is 11.5 Å². The van der Waals surface area contributed by atoms with Crippen molar-refractivity contribution in [3.05, 3.63) is 106 Å². The number of anilines is 1. The van der Waals surface area contributed by atoms with E-state index >= 15 is 0 Å². The molecule has 2 heterocycles. The molecule has 1 N–H and O–H groups in total. The number of amides is 1. The Morgan fingerprint density at radius 1 is 1.16 bits per heavy atom. The van der Waals surface area contributed by atoms with E-state index in [1.165, 1.54) is 12.1 Å². The van der Waals surface area contributed by atoms with Crippen molar-refractivity contribution in [3.8, 4) is 5.75 Å². The summed E-state index contributed by atoms with van der Waals surface area (Å²) in [7, 11) is 0. The third-order valence-electron chi connectivity index (χ3n) is 4.70. The molecule has 0 aliphatic rings. The molecule has 2 aromatic carbocycles. The van der Waals surface area contributed by atoms with Gasteiger partial charge in [-0.05, 0) is 36.8 Å². The minimum atomic E-state index is -0.443. The number of aryl methyl sites for hydroxylation is 1. The molecule has 2 aromatic heterocycles. The number of furan rings is 1. The van der Waals surface area contributed by atoms with E-state index in [0.29, 0.717) is 29.4 Å². The summed E-state index contributed by atoms with van der Waals surface area (Å²) in [5.74, 6) is 1.04. The van der Waals surface area contributed by atoms with Crippen LogP contribution in [0.15, 0.2) is 77.3 Å². The fourth-order valence-corrected chi connectivity index (χ4v) is 3.12. The molecule has 9 heteroatoms. The number of carbonyl (C=O) groups is 1. The normalized spacial score (nSPS) is 10.7. The summed E-state index contributed by atoms with van der Waals surface area (Å²) in [5, 5.41) is 18.0. The molecular weight excluding hydrogens is 412 g/mol. The van der Waals surface area contributed by atoms with E-state index in [2.05, 4.69) is 10.4 Å². The molecule has 32 heavy (non-hydrogen) atoms. The Morgan fingerprint density at radius 2 is 1.97 bits per heavy atom. The lowest BCUT2D eigenvalue weighted by atomic mass is 10.2. The second-order valence-corrected chi connectivity index (χ2v) is 7.10. The van der Waals surface area contributed by atoms with Crippen LogP contribution in [0, 0.1) is 17.0 Å². The summed E-state index contributed by atoms with van der Waals surface area (Å²) in [5.41, 5.74) is 1.63. The van der Waals surface area contributed by atoms with Gasteiger partial charge in [-0.25, -0.2) is 0 Å². The van der Waals surface area contributed by atoms with Crippen molar-refractivity contribution >= 4 is 17.4 Å². The number of nitro benzene ring substituents is 1. The topological polar surface area (TPSA) is 112 Å². The van der Waals surface area contributed by atoms with Gasteiger partial charge in [-0.1, -0.05) is 30.3 Å². The highest BCUT2D eigenvalue weighted by Gasteiger charge is 2.14. The van der Waals surface area contributed by atoms with Gasteiger partial charge in [-0.2, -0.15) is 5.10 Å². The van der Waals surface area contributed by atoms with Crippen LogP contribution in [0.2, 0.25) is 0 Å². The van der Waals surface area contributed by atoms with Crippen LogP contribution in [0.3, 0.4) is 0 Å². The smallest absolute Gasteiger partial charge is 0.292 e. The molecule has 1 amide bonds. The average Bonchev–Trinajstić information content (AvgIpc) is 3.42. The third-order valence-corrected chi connectivity index (χ3v) is 4.70. The van der Waals surface area contributed by atoms with Crippen molar-refractivity contribution in [3.63, 3.8) is 0 Å². The van der Waals surface area contributed by atoms with Crippen molar-refractivity contribution in [2.45, 2.75) is 20.1 Å². The quantitative estimate of drug-likeness (QED) is 0.322. The summed E-state index contributed by atoms with van der Waals surface area (Å²) in [6.45, 7) is 2.32. The van der Waals surface area contributed by atoms with E-state index in [-0.39, 0.29) is 18.1 Å². The zero-order chi connectivity index (χ0) is 22.5. The molecule has 0 saturated heterocycles. The number of carbonyl (C=O) groups excluding carboxylic acids is 1. The second kappa shape index (κ2) is 9.17. The number of hydrogen-bond donors (Lipinski definition) is 1.